The average Bonchev–Trinajstić information content (AvgIpc) is 2.38. The zero-order valence-electron chi connectivity index (χ0n) is 12.5. The Labute approximate surface area is 117 Å². The zero-order valence-corrected chi connectivity index (χ0v) is 12.5. The van der Waals surface area contributed by atoms with E-state index >= 15 is 0 Å². The van der Waals surface area contributed by atoms with Crippen LogP contribution >= 0.6 is 0 Å². The van der Waals surface area contributed by atoms with Gasteiger partial charge >= 0.3 is 0 Å². The Bertz CT molecular complexity index is 348. The van der Waals surface area contributed by atoms with Crippen molar-refractivity contribution in [2.45, 2.75) is 46.3 Å². The van der Waals surface area contributed by atoms with Crippen molar-refractivity contribution in [2.75, 3.05) is 13.2 Å². The number of nitrogens with one attached hydrogen (secondary N) is 1. The van der Waals surface area contributed by atoms with Gasteiger partial charge in [-0.3, -0.25) is 0 Å². The van der Waals surface area contributed by atoms with Crippen LogP contribution in [-0.2, 0) is 0 Å². The average molecular weight is 265 g/mol. The van der Waals surface area contributed by atoms with E-state index in [0.717, 1.165) is 24.3 Å². The quantitative estimate of drug-likeness (QED) is 0.758. The normalized spacial score (nSPS) is 14.4. The van der Waals surface area contributed by atoms with E-state index in [2.05, 4.69) is 19.2 Å². The fourth-order valence-corrected chi connectivity index (χ4v) is 1.93. The molecule has 3 nitrogen and oxygen atoms in total. The topological polar surface area (TPSA) is 41.5 Å². The van der Waals surface area contributed by atoms with Gasteiger partial charge in [0, 0.05) is 6.04 Å². The fourth-order valence-electron chi connectivity index (χ4n) is 1.93. The number of aliphatic hydroxyl groups is 1. The molecule has 0 aliphatic rings. The SMILES string of the molecule is CCOc1ccc(C(O)C(C)NCCC(C)C)cc1. The molecule has 0 bridgehead atoms. The van der Waals surface area contributed by atoms with E-state index in [9.17, 15) is 5.11 Å². The maximum absolute atomic E-state index is 10.3. The third-order valence-corrected chi connectivity index (χ3v) is 3.19. The van der Waals surface area contributed by atoms with Crippen molar-refractivity contribution in [3.05, 3.63) is 29.8 Å². The van der Waals surface area contributed by atoms with E-state index in [-0.39, 0.29) is 6.04 Å². The molecule has 0 aliphatic carbocycles. The molecule has 0 heterocycles. The summed E-state index contributed by atoms with van der Waals surface area (Å²) in [6, 6.07) is 7.72. The van der Waals surface area contributed by atoms with E-state index in [1.807, 2.05) is 38.1 Å². The predicted octanol–water partition coefficient (Wildman–Crippen LogP) is 3.14. The third-order valence-electron chi connectivity index (χ3n) is 3.19. The van der Waals surface area contributed by atoms with Crippen LogP contribution < -0.4 is 10.1 Å². The van der Waals surface area contributed by atoms with Crippen LogP contribution in [0.2, 0.25) is 0 Å². The Balaban J connectivity index is 2.48. The summed E-state index contributed by atoms with van der Waals surface area (Å²) >= 11 is 0. The maximum atomic E-state index is 10.3. The highest BCUT2D eigenvalue weighted by molar-refractivity contribution is 5.29. The van der Waals surface area contributed by atoms with Gasteiger partial charge in [0.05, 0.1) is 12.7 Å². The molecule has 19 heavy (non-hydrogen) atoms. The molecule has 0 aromatic heterocycles. The molecule has 0 saturated heterocycles. The Kier molecular flexibility index (Phi) is 6.89. The lowest BCUT2D eigenvalue weighted by atomic mass is 10.0. The maximum Gasteiger partial charge on any atom is 0.119 e. The summed E-state index contributed by atoms with van der Waals surface area (Å²) < 4.78 is 5.40. The summed E-state index contributed by atoms with van der Waals surface area (Å²) in [6.45, 7) is 9.98. The van der Waals surface area contributed by atoms with Crippen LogP contribution in [0.5, 0.6) is 5.75 Å². The molecular formula is C16H27NO2. The number of benzene rings is 1. The van der Waals surface area contributed by atoms with Gasteiger partial charge in [-0.1, -0.05) is 26.0 Å². The van der Waals surface area contributed by atoms with E-state index in [1.54, 1.807) is 0 Å². The summed E-state index contributed by atoms with van der Waals surface area (Å²) in [5.41, 5.74) is 0.924. The van der Waals surface area contributed by atoms with Gasteiger partial charge in [0.15, 0.2) is 0 Å². The molecule has 0 amide bonds. The van der Waals surface area contributed by atoms with Crippen molar-refractivity contribution < 1.29 is 9.84 Å². The van der Waals surface area contributed by atoms with Crippen LogP contribution in [0.1, 0.15) is 45.8 Å². The van der Waals surface area contributed by atoms with Gasteiger partial charge in [-0.05, 0) is 50.4 Å². The molecule has 1 aromatic rings. The number of hydrogen-bond donors (Lipinski definition) is 2. The van der Waals surface area contributed by atoms with Crippen molar-refractivity contribution in [1.82, 2.24) is 5.32 Å². The molecule has 1 rings (SSSR count). The molecule has 0 aliphatic heterocycles. The van der Waals surface area contributed by atoms with E-state index in [1.165, 1.54) is 0 Å². The molecule has 2 N–H and O–H groups in total. The molecule has 0 spiro atoms. The lowest BCUT2D eigenvalue weighted by molar-refractivity contribution is 0.135. The van der Waals surface area contributed by atoms with Crippen molar-refractivity contribution in [3.63, 3.8) is 0 Å². The van der Waals surface area contributed by atoms with Crippen LogP contribution in [0.4, 0.5) is 0 Å². The van der Waals surface area contributed by atoms with E-state index in [0.29, 0.717) is 12.5 Å². The lowest BCUT2D eigenvalue weighted by Crippen LogP contribution is -2.33. The summed E-state index contributed by atoms with van der Waals surface area (Å²) in [6.07, 6.45) is 0.642. The number of aliphatic hydroxyl groups excluding tert-OH is 1. The second kappa shape index (κ2) is 8.18. The molecule has 0 radical (unpaired) electrons. The van der Waals surface area contributed by atoms with Gasteiger partial charge in [-0.25, -0.2) is 0 Å². The second-order valence-electron chi connectivity index (χ2n) is 5.37. The summed E-state index contributed by atoms with van der Waals surface area (Å²) in [4.78, 5) is 0. The Morgan fingerprint density at radius 2 is 1.79 bits per heavy atom. The minimum Gasteiger partial charge on any atom is -0.494 e. The van der Waals surface area contributed by atoms with Gasteiger partial charge in [0.1, 0.15) is 5.75 Å². The Hall–Kier alpha value is -1.06. The third kappa shape index (κ3) is 5.62. The first-order valence-electron chi connectivity index (χ1n) is 7.18. The highest BCUT2D eigenvalue weighted by Gasteiger charge is 2.15. The highest BCUT2D eigenvalue weighted by Crippen LogP contribution is 2.20. The molecule has 1 aromatic carbocycles. The van der Waals surface area contributed by atoms with Crippen LogP contribution in [0, 0.1) is 5.92 Å². The van der Waals surface area contributed by atoms with Crippen LogP contribution in [0.15, 0.2) is 24.3 Å². The molecule has 0 saturated carbocycles. The molecular weight excluding hydrogens is 238 g/mol. The van der Waals surface area contributed by atoms with Crippen LogP contribution in [-0.4, -0.2) is 24.3 Å². The minimum absolute atomic E-state index is 0.0525. The second-order valence-corrected chi connectivity index (χ2v) is 5.37. The summed E-state index contributed by atoms with van der Waals surface area (Å²) in [5.74, 6) is 1.53. The predicted molar refractivity (Wildman–Crippen MR) is 79.5 cm³/mol. The first-order valence-corrected chi connectivity index (χ1v) is 7.18. The molecule has 108 valence electrons. The van der Waals surface area contributed by atoms with Crippen molar-refractivity contribution in [3.8, 4) is 5.75 Å². The van der Waals surface area contributed by atoms with Crippen molar-refractivity contribution in [2.24, 2.45) is 5.92 Å². The molecule has 3 heteroatoms. The first kappa shape index (κ1) is 16.0. The van der Waals surface area contributed by atoms with E-state index in [4.69, 9.17) is 4.74 Å². The summed E-state index contributed by atoms with van der Waals surface area (Å²) in [5, 5.41) is 13.6. The van der Waals surface area contributed by atoms with Gasteiger partial charge < -0.3 is 15.2 Å². The zero-order chi connectivity index (χ0) is 14.3. The lowest BCUT2D eigenvalue weighted by Gasteiger charge is -2.21. The molecule has 0 fully saturated rings. The summed E-state index contributed by atoms with van der Waals surface area (Å²) in [7, 11) is 0. The molecule has 2 unspecified atom stereocenters. The van der Waals surface area contributed by atoms with Gasteiger partial charge in [-0.2, -0.15) is 0 Å². The first-order chi connectivity index (χ1) is 9.04. The largest absolute Gasteiger partial charge is 0.494 e. The monoisotopic (exact) mass is 265 g/mol. The standard InChI is InChI=1S/C16H27NO2/c1-5-19-15-8-6-14(7-9-15)16(18)13(4)17-11-10-12(2)3/h6-9,12-13,16-18H,5,10-11H2,1-4H3. The fraction of sp³-hybridized carbons (Fsp3) is 0.625. The number of hydrogen-bond acceptors (Lipinski definition) is 3. The highest BCUT2D eigenvalue weighted by atomic mass is 16.5. The molecule has 2 atom stereocenters. The van der Waals surface area contributed by atoms with Gasteiger partial charge in [0.25, 0.3) is 0 Å². The number of ether oxygens (including phenoxy) is 1. The van der Waals surface area contributed by atoms with Crippen molar-refractivity contribution >= 4 is 0 Å². The minimum atomic E-state index is -0.483. The smallest absolute Gasteiger partial charge is 0.119 e. The van der Waals surface area contributed by atoms with Gasteiger partial charge in [0.2, 0.25) is 0 Å². The van der Waals surface area contributed by atoms with Crippen molar-refractivity contribution in [1.29, 1.82) is 0 Å². The van der Waals surface area contributed by atoms with E-state index < -0.39 is 6.10 Å². The number of rotatable bonds is 8. The van der Waals surface area contributed by atoms with Gasteiger partial charge in [-0.15, -0.1) is 0 Å². The Morgan fingerprint density at radius 1 is 1.16 bits per heavy atom. The van der Waals surface area contributed by atoms with Crippen LogP contribution in [0.25, 0.3) is 0 Å². The van der Waals surface area contributed by atoms with Crippen LogP contribution in [0.3, 0.4) is 0 Å². The Morgan fingerprint density at radius 3 is 2.32 bits per heavy atom.